The third-order valence-electron chi connectivity index (χ3n) is 4.25. The van der Waals surface area contributed by atoms with Gasteiger partial charge in [-0.25, -0.2) is 0 Å². The van der Waals surface area contributed by atoms with Crippen LogP contribution in [0.15, 0.2) is 24.3 Å². The molecule has 0 aliphatic carbocycles. The Labute approximate surface area is 113 Å². The first-order chi connectivity index (χ1) is 8.41. The van der Waals surface area contributed by atoms with E-state index in [0.717, 1.165) is 10.9 Å². The fourth-order valence-electron chi connectivity index (χ4n) is 2.04. The molecule has 0 aliphatic rings. The molecule has 18 heavy (non-hydrogen) atoms. The number of hydrogen-bond acceptors (Lipinski definition) is 1. The Morgan fingerprint density at radius 1 is 1.00 bits per heavy atom. The van der Waals surface area contributed by atoms with E-state index in [4.69, 9.17) is 0 Å². The molecule has 1 aromatic rings. The van der Waals surface area contributed by atoms with Crippen molar-refractivity contribution in [2.24, 2.45) is 0 Å². The average molecular weight is 249 g/mol. The summed E-state index contributed by atoms with van der Waals surface area (Å²) in [6, 6.07) is 10.1. The summed E-state index contributed by atoms with van der Waals surface area (Å²) in [5.41, 5.74) is 2.59. The van der Waals surface area contributed by atoms with Gasteiger partial charge in [-0.05, 0) is 38.8 Å². The van der Waals surface area contributed by atoms with Crippen molar-refractivity contribution in [3.63, 3.8) is 0 Å². The van der Waals surface area contributed by atoms with Gasteiger partial charge in [0.2, 0.25) is 0 Å². The number of rotatable bonds is 6. The maximum atomic E-state index is 3.51. The molecule has 1 N–H and O–H groups in total. The molecule has 2 atom stereocenters. The van der Waals surface area contributed by atoms with Crippen molar-refractivity contribution in [1.29, 1.82) is 0 Å². The van der Waals surface area contributed by atoms with Crippen LogP contribution in [-0.4, -0.2) is 26.2 Å². The van der Waals surface area contributed by atoms with Gasteiger partial charge in [0.15, 0.2) is 0 Å². The predicted octanol–water partition coefficient (Wildman–Crippen LogP) is 4.26. The average Bonchev–Trinajstić information content (AvgIpc) is 2.38. The molecule has 1 rings (SSSR count). The van der Waals surface area contributed by atoms with Crippen molar-refractivity contribution in [2.75, 3.05) is 19.4 Å². The van der Waals surface area contributed by atoms with Crippen LogP contribution < -0.4 is 9.80 Å². The molecule has 0 spiro atoms. The molecule has 1 aromatic carbocycles. The lowest BCUT2D eigenvalue weighted by Crippen LogP contribution is -2.48. The molecule has 0 saturated carbocycles. The van der Waals surface area contributed by atoms with E-state index < -0.39 is 0 Å². The van der Waals surface area contributed by atoms with Crippen molar-refractivity contribution in [3.8, 4) is 0 Å². The lowest BCUT2D eigenvalue weighted by molar-refractivity contribution is 0.303. The van der Waals surface area contributed by atoms with Crippen LogP contribution in [0.5, 0.6) is 0 Å². The second-order valence-electron chi connectivity index (χ2n) is 5.80. The van der Waals surface area contributed by atoms with Gasteiger partial charge < -0.3 is 5.32 Å². The summed E-state index contributed by atoms with van der Waals surface area (Å²) in [4.78, 5) is 0. The first-order valence-corrected chi connectivity index (χ1v) is 7.12. The van der Waals surface area contributed by atoms with E-state index in [9.17, 15) is 0 Å². The van der Waals surface area contributed by atoms with Crippen molar-refractivity contribution >= 4 is 11.4 Å². The van der Waals surface area contributed by atoms with Crippen molar-refractivity contribution < 1.29 is 0 Å². The highest BCUT2D eigenvalue weighted by Crippen LogP contribution is 2.25. The number of nitrogens with zero attached hydrogens (tertiary/aromatic N) is 1. The third kappa shape index (κ3) is 3.49. The summed E-state index contributed by atoms with van der Waals surface area (Å²) in [5, 5.41) is 3.51. The third-order valence-corrected chi connectivity index (χ3v) is 4.25. The van der Waals surface area contributed by atoms with Gasteiger partial charge in [-0.1, -0.05) is 13.8 Å². The molecule has 0 heterocycles. The molecule has 0 aliphatic heterocycles. The normalized spacial score (nSPS) is 15.2. The summed E-state index contributed by atoms with van der Waals surface area (Å²) in [7, 11) is 4.57. The number of nitrogens with one attached hydrogen (secondary N) is 1. The largest absolute Gasteiger partial charge is 0.383 e. The highest BCUT2D eigenvalue weighted by atomic mass is 15.3. The lowest BCUT2D eigenvalue weighted by Gasteiger charge is -2.35. The van der Waals surface area contributed by atoms with Gasteiger partial charge in [0.1, 0.15) is 5.69 Å². The highest BCUT2D eigenvalue weighted by molar-refractivity contribution is 5.53. The van der Waals surface area contributed by atoms with Crippen LogP contribution in [0.4, 0.5) is 11.4 Å². The Morgan fingerprint density at radius 3 is 2.00 bits per heavy atom. The van der Waals surface area contributed by atoms with Gasteiger partial charge >= 0.3 is 0 Å². The zero-order valence-electron chi connectivity index (χ0n) is 12.8. The lowest BCUT2D eigenvalue weighted by atomic mass is 10.1. The molecule has 2 nitrogen and oxygen atoms in total. The molecule has 0 aromatic heterocycles. The Hall–Kier alpha value is -1.02. The molecule has 0 saturated heterocycles. The van der Waals surface area contributed by atoms with Gasteiger partial charge in [0.05, 0.1) is 20.1 Å². The molecule has 2 unspecified atom stereocenters. The van der Waals surface area contributed by atoms with Crippen molar-refractivity contribution in [3.05, 3.63) is 24.3 Å². The molecule has 2 heteroatoms. The summed E-state index contributed by atoms with van der Waals surface area (Å²) < 4.78 is 0.945. The molecular weight excluding hydrogens is 220 g/mol. The maximum absolute atomic E-state index is 3.51. The van der Waals surface area contributed by atoms with Gasteiger partial charge in [0.25, 0.3) is 0 Å². The zero-order chi connectivity index (χ0) is 13.8. The monoisotopic (exact) mass is 249 g/mol. The minimum absolute atomic E-state index is 0.535. The first-order valence-electron chi connectivity index (χ1n) is 7.12. The van der Waals surface area contributed by atoms with E-state index in [0.29, 0.717) is 12.1 Å². The number of benzene rings is 1. The van der Waals surface area contributed by atoms with E-state index in [1.54, 1.807) is 0 Å². The minimum Gasteiger partial charge on any atom is -0.383 e. The summed E-state index contributed by atoms with van der Waals surface area (Å²) in [6.45, 7) is 8.98. The first kappa shape index (κ1) is 15.0. The standard InChI is InChI=1S/C16H29N2/c1-7-13(3)17-15-9-11-16(12-10-15)18(5,6)14(4)8-2/h9-14,17H,7-8H2,1-6H3/q+1. The number of hydrogen-bond donors (Lipinski definition) is 1. The van der Waals surface area contributed by atoms with Crippen molar-refractivity contribution in [2.45, 2.75) is 52.6 Å². The van der Waals surface area contributed by atoms with Crippen molar-refractivity contribution in [1.82, 2.24) is 4.48 Å². The topological polar surface area (TPSA) is 12.0 Å². The highest BCUT2D eigenvalue weighted by Gasteiger charge is 2.25. The van der Waals surface area contributed by atoms with E-state index >= 15 is 0 Å². The van der Waals surface area contributed by atoms with Crippen LogP contribution >= 0.6 is 0 Å². The zero-order valence-corrected chi connectivity index (χ0v) is 12.8. The predicted molar refractivity (Wildman–Crippen MR) is 83.2 cm³/mol. The van der Waals surface area contributed by atoms with Crippen LogP contribution in [0.25, 0.3) is 0 Å². The molecule has 102 valence electrons. The molecule has 0 fully saturated rings. The van der Waals surface area contributed by atoms with Gasteiger partial charge in [-0.2, -0.15) is 0 Å². The van der Waals surface area contributed by atoms with Crippen LogP contribution in [0, 0.1) is 0 Å². The molecular formula is C16H29N2+. The molecule has 0 amide bonds. The number of anilines is 1. The van der Waals surface area contributed by atoms with E-state index in [-0.39, 0.29) is 0 Å². The maximum Gasteiger partial charge on any atom is 0.132 e. The van der Waals surface area contributed by atoms with Crippen LogP contribution in [0.2, 0.25) is 0 Å². The van der Waals surface area contributed by atoms with E-state index in [1.165, 1.54) is 17.8 Å². The van der Waals surface area contributed by atoms with E-state index in [2.05, 4.69) is 71.4 Å². The second kappa shape index (κ2) is 6.24. The minimum atomic E-state index is 0.535. The van der Waals surface area contributed by atoms with Gasteiger partial charge in [0, 0.05) is 23.9 Å². The van der Waals surface area contributed by atoms with Gasteiger partial charge in [-0.15, -0.1) is 0 Å². The van der Waals surface area contributed by atoms with Crippen LogP contribution in [0.1, 0.15) is 40.5 Å². The molecule has 0 radical (unpaired) electrons. The van der Waals surface area contributed by atoms with Crippen LogP contribution in [-0.2, 0) is 0 Å². The SMILES string of the molecule is CCC(C)Nc1ccc([N+](C)(C)C(C)CC)cc1. The quantitative estimate of drug-likeness (QED) is 0.743. The summed E-state index contributed by atoms with van der Waals surface area (Å²) >= 11 is 0. The van der Waals surface area contributed by atoms with Crippen LogP contribution in [0.3, 0.4) is 0 Å². The summed E-state index contributed by atoms with van der Waals surface area (Å²) in [5.74, 6) is 0. The van der Waals surface area contributed by atoms with E-state index in [1.807, 2.05) is 0 Å². The second-order valence-corrected chi connectivity index (χ2v) is 5.80. The Kier molecular flexibility index (Phi) is 5.21. The fraction of sp³-hybridized carbons (Fsp3) is 0.625. The Morgan fingerprint density at radius 2 is 1.56 bits per heavy atom. The Balaban J connectivity index is 2.82. The van der Waals surface area contributed by atoms with Gasteiger partial charge in [-0.3, -0.25) is 4.48 Å². The Bertz CT molecular complexity index is 354. The number of quaternary nitrogens is 1. The fourth-order valence-corrected chi connectivity index (χ4v) is 2.04. The molecule has 0 bridgehead atoms. The summed E-state index contributed by atoms with van der Waals surface area (Å²) in [6.07, 6.45) is 2.34. The smallest absolute Gasteiger partial charge is 0.132 e.